The summed E-state index contributed by atoms with van der Waals surface area (Å²) in [5.41, 5.74) is 0. The van der Waals surface area contributed by atoms with E-state index in [0.717, 1.165) is 4.90 Å². The van der Waals surface area contributed by atoms with E-state index in [1.807, 2.05) is 36.4 Å². The Morgan fingerprint density at radius 3 is 2.79 bits per heavy atom. The van der Waals surface area contributed by atoms with Gasteiger partial charge in [0.25, 0.3) is 0 Å². The summed E-state index contributed by atoms with van der Waals surface area (Å²) in [6.45, 7) is 0. The fourth-order valence-electron chi connectivity index (χ4n) is 0.908. The van der Waals surface area contributed by atoms with Gasteiger partial charge in [-0.1, -0.05) is 18.2 Å². The SMILES string of the molecule is N#C/C=C/C(O)CSc1ccccc1. The van der Waals surface area contributed by atoms with Crippen molar-refractivity contribution in [1.29, 1.82) is 5.26 Å². The van der Waals surface area contributed by atoms with Crippen molar-refractivity contribution in [2.75, 3.05) is 5.75 Å². The zero-order valence-electron chi connectivity index (χ0n) is 7.63. The minimum Gasteiger partial charge on any atom is -0.388 e. The molecule has 0 spiro atoms. The second-order valence-corrected chi connectivity index (χ2v) is 3.77. The molecule has 1 atom stereocenters. The minimum absolute atomic E-state index is 0.556. The van der Waals surface area contributed by atoms with Crippen molar-refractivity contribution in [3.05, 3.63) is 42.5 Å². The van der Waals surface area contributed by atoms with Gasteiger partial charge in [-0.3, -0.25) is 0 Å². The van der Waals surface area contributed by atoms with Gasteiger partial charge in [0.05, 0.1) is 12.2 Å². The van der Waals surface area contributed by atoms with E-state index in [4.69, 9.17) is 5.26 Å². The summed E-state index contributed by atoms with van der Waals surface area (Å²) in [6, 6.07) is 11.7. The number of nitrogens with zero attached hydrogens (tertiary/aromatic N) is 1. The lowest BCUT2D eigenvalue weighted by Crippen LogP contribution is -2.04. The Morgan fingerprint density at radius 1 is 1.43 bits per heavy atom. The van der Waals surface area contributed by atoms with Crippen LogP contribution >= 0.6 is 11.8 Å². The van der Waals surface area contributed by atoms with Gasteiger partial charge in [-0.2, -0.15) is 5.26 Å². The molecule has 1 aromatic rings. The van der Waals surface area contributed by atoms with Crippen LogP contribution < -0.4 is 0 Å². The first-order chi connectivity index (χ1) is 6.83. The van der Waals surface area contributed by atoms with E-state index in [1.165, 1.54) is 12.2 Å². The van der Waals surface area contributed by atoms with E-state index in [2.05, 4.69) is 0 Å². The predicted octanol–water partition coefficient (Wildman–Crippen LogP) is 2.22. The highest BCUT2D eigenvalue weighted by Crippen LogP contribution is 2.17. The summed E-state index contributed by atoms with van der Waals surface area (Å²) >= 11 is 1.57. The minimum atomic E-state index is -0.556. The maximum absolute atomic E-state index is 9.38. The smallest absolute Gasteiger partial charge is 0.0909 e. The lowest BCUT2D eigenvalue weighted by molar-refractivity contribution is 0.248. The standard InChI is InChI=1S/C11H11NOS/c12-8-4-5-10(13)9-14-11-6-2-1-3-7-11/h1-7,10,13H,9H2/b5-4+. The first-order valence-corrected chi connectivity index (χ1v) is 5.23. The van der Waals surface area contributed by atoms with E-state index in [1.54, 1.807) is 11.8 Å². The Labute approximate surface area is 87.9 Å². The molecule has 0 aliphatic heterocycles. The van der Waals surface area contributed by atoms with Crippen LogP contribution in [0, 0.1) is 11.3 Å². The van der Waals surface area contributed by atoms with Gasteiger partial charge in [-0.05, 0) is 18.2 Å². The fourth-order valence-corrected chi connectivity index (χ4v) is 1.73. The number of rotatable bonds is 4. The van der Waals surface area contributed by atoms with Crippen LogP contribution in [-0.4, -0.2) is 17.0 Å². The zero-order chi connectivity index (χ0) is 10.2. The van der Waals surface area contributed by atoms with E-state index in [-0.39, 0.29) is 0 Å². The molecule has 72 valence electrons. The topological polar surface area (TPSA) is 44.0 Å². The molecule has 1 N–H and O–H groups in total. The molecule has 14 heavy (non-hydrogen) atoms. The molecule has 2 nitrogen and oxygen atoms in total. The molecule has 0 fully saturated rings. The Morgan fingerprint density at radius 2 is 2.14 bits per heavy atom. The average molecular weight is 205 g/mol. The number of allylic oxidation sites excluding steroid dienone is 1. The number of aliphatic hydroxyl groups excluding tert-OH is 1. The summed E-state index contributed by atoms with van der Waals surface area (Å²) in [5.74, 6) is 0.572. The van der Waals surface area contributed by atoms with Gasteiger partial charge in [-0.25, -0.2) is 0 Å². The number of hydrogen-bond acceptors (Lipinski definition) is 3. The maximum Gasteiger partial charge on any atom is 0.0909 e. The van der Waals surface area contributed by atoms with Gasteiger partial charge in [-0.15, -0.1) is 11.8 Å². The molecular weight excluding hydrogens is 194 g/mol. The molecule has 1 aromatic carbocycles. The quantitative estimate of drug-likeness (QED) is 0.605. The summed E-state index contributed by atoms with van der Waals surface area (Å²) in [6.07, 6.45) is 2.24. The van der Waals surface area contributed by atoms with E-state index in [9.17, 15) is 5.11 Å². The first kappa shape index (κ1) is 10.8. The molecule has 0 amide bonds. The molecule has 0 aliphatic carbocycles. The van der Waals surface area contributed by atoms with Gasteiger partial charge >= 0.3 is 0 Å². The van der Waals surface area contributed by atoms with Crippen molar-refractivity contribution in [2.45, 2.75) is 11.0 Å². The summed E-state index contributed by atoms with van der Waals surface area (Å²) < 4.78 is 0. The zero-order valence-corrected chi connectivity index (χ0v) is 8.45. The van der Waals surface area contributed by atoms with Crippen LogP contribution in [0.15, 0.2) is 47.4 Å². The van der Waals surface area contributed by atoms with Crippen LogP contribution in [0.2, 0.25) is 0 Å². The van der Waals surface area contributed by atoms with Crippen molar-refractivity contribution in [3.63, 3.8) is 0 Å². The largest absolute Gasteiger partial charge is 0.388 e. The number of benzene rings is 1. The monoisotopic (exact) mass is 205 g/mol. The van der Waals surface area contributed by atoms with Crippen molar-refractivity contribution in [2.24, 2.45) is 0 Å². The third kappa shape index (κ3) is 4.13. The molecule has 1 rings (SSSR count). The first-order valence-electron chi connectivity index (χ1n) is 4.25. The van der Waals surface area contributed by atoms with Crippen LogP contribution in [0.4, 0.5) is 0 Å². The normalized spacial score (nSPS) is 12.6. The van der Waals surface area contributed by atoms with Crippen LogP contribution in [0.25, 0.3) is 0 Å². The number of aliphatic hydroxyl groups is 1. The molecule has 0 saturated carbocycles. The van der Waals surface area contributed by atoms with Crippen molar-refractivity contribution in [3.8, 4) is 6.07 Å². The van der Waals surface area contributed by atoms with Gasteiger partial charge in [0.1, 0.15) is 0 Å². The summed E-state index contributed by atoms with van der Waals surface area (Å²) in [7, 11) is 0. The molecule has 0 bridgehead atoms. The Kier molecular flexibility index (Phi) is 4.84. The molecule has 0 aliphatic rings. The summed E-state index contributed by atoms with van der Waals surface area (Å²) in [4.78, 5) is 1.12. The number of hydrogen-bond donors (Lipinski definition) is 1. The lowest BCUT2D eigenvalue weighted by atomic mass is 10.4. The molecule has 0 saturated heterocycles. The third-order valence-electron chi connectivity index (χ3n) is 1.56. The van der Waals surface area contributed by atoms with Crippen molar-refractivity contribution >= 4 is 11.8 Å². The van der Waals surface area contributed by atoms with E-state index >= 15 is 0 Å². The molecule has 0 radical (unpaired) electrons. The Hall–Kier alpha value is -1.24. The highest BCUT2D eigenvalue weighted by Gasteiger charge is 1.99. The molecule has 0 aromatic heterocycles. The highest BCUT2D eigenvalue weighted by molar-refractivity contribution is 7.99. The van der Waals surface area contributed by atoms with E-state index < -0.39 is 6.10 Å². The van der Waals surface area contributed by atoms with Crippen LogP contribution in [-0.2, 0) is 0 Å². The predicted molar refractivity (Wildman–Crippen MR) is 57.9 cm³/mol. The fraction of sp³-hybridized carbons (Fsp3) is 0.182. The molecule has 0 heterocycles. The van der Waals surface area contributed by atoms with Crippen molar-refractivity contribution < 1.29 is 5.11 Å². The Balaban J connectivity index is 2.35. The average Bonchev–Trinajstić information content (AvgIpc) is 2.25. The third-order valence-corrected chi connectivity index (χ3v) is 2.67. The second kappa shape index (κ2) is 6.25. The van der Waals surface area contributed by atoms with Crippen LogP contribution in [0.1, 0.15) is 0 Å². The highest BCUT2D eigenvalue weighted by atomic mass is 32.2. The number of thioether (sulfide) groups is 1. The molecule has 1 unspecified atom stereocenters. The second-order valence-electron chi connectivity index (χ2n) is 2.68. The summed E-state index contributed by atoms with van der Waals surface area (Å²) in [5, 5.41) is 17.6. The van der Waals surface area contributed by atoms with Gasteiger partial charge in [0.2, 0.25) is 0 Å². The van der Waals surface area contributed by atoms with Gasteiger partial charge in [0.15, 0.2) is 0 Å². The van der Waals surface area contributed by atoms with E-state index in [0.29, 0.717) is 5.75 Å². The van der Waals surface area contributed by atoms with Gasteiger partial charge < -0.3 is 5.11 Å². The maximum atomic E-state index is 9.38. The lowest BCUT2D eigenvalue weighted by Gasteiger charge is -2.03. The number of nitriles is 1. The molecular formula is C11H11NOS. The van der Waals surface area contributed by atoms with Crippen LogP contribution in [0.3, 0.4) is 0 Å². The van der Waals surface area contributed by atoms with Crippen LogP contribution in [0.5, 0.6) is 0 Å². The van der Waals surface area contributed by atoms with Gasteiger partial charge in [0, 0.05) is 16.7 Å². The Bertz CT molecular complexity index is 329. The van der Waals surface area contributed by atoms with Crippen molar-refractivity contribution in [1.82, 2.24) is 0 Å². The molecule has 3 heteroatoms.